The maximum atomic E-state index is 11.2. The molecule has 0 bridgehead atoms. The first-order chi connectivity index (χ1) is 57.4. The number of hydrogen-bond acceptors (Lipinski definition) is 12. The second kappa shape index (κ2) is 57.6. The van der Waals surface area contributed by atoms with Crippen LogP contribution in [0.5, 0.6) is 0 Å². The zero-order chi connectivity index (χ0) is 90.8. The van der Waals surface area contributed by atoms with Gasteiger partial charge < -0.3 is 35.4 Å². The van der Waals surface area contributed by atoms with Gasteiger partial charge in [-0.25, -0.2) is 0 Å². The molecule has 0 aliphatic rings. The summed E-state index contributed by atoms with van der Waals surface area (Å²) in [6, 6.07) is 69.6. The molecule has 16 heteroatoms. The molecule has 680 valence electrons. The molecule has 0 saturated carbocycles. The number of nitrogens with zero attached hydrogens (tertiary/aromatic N) is 4. The number of aryl methyl sites for hydroxylation is 8. The van der Waals surface area contributed by atoms with Gasteiger partial charge in [0.25, 0.3) is 0 Å². The largest absolute Gasteiger partial charge is 0.512 e. The quantitative estimate of drug-likeness (QED) is 0.0320. The number of ketones is 4. The number of aromatic nitrogens is 4. The summed E-state index contributed by atoms with van der Waals surface area (Å²) in [5.74, 6) is 3.53. The molecular formula is C110H132Ir4N4O8-4. The van der Waals surface area contributed by atoms with Crippen molar-refractivity contribution in [3.8, 4) is 45.0 Å². The Kier molecular flexibility index (Phi) is 52.5. The Morgan fingerprint density at radius 2 is 0.667 bits per heavy atom. The SMILES string of the molecule is CC(=O)C=C(C)O.CC(=O)C=C(C)O.CC(C)CC(=O)C=C(O)CC(C)C.CC(C)CC(=O)C=C(O)CC(C)C.Cc1[c-]c(-c2ccc3ccc(CC(C)C)cc3n2)cc(C)c1.Cc1[c-]c(-c2nccc3ccc(C(C)C)cc23)cc(C)c1.Cc1[c-]c(-c2nccc3ccc(C(C)C)cc23)cc(C)c1.Cc1[c-]c(-c2nccc3ccccc23)cc(C)c1.[Ir].[Ir].[Ir].[Ir]. The normalized spacial score (nSPS) is 11.2. The van der Waals surface area contributed by atoms with Gasteiger partial charge in [-0.05, 0) is 177 Å². The number of carbonyl (C=O) groups excluding carboxylic acids is 4. The van der Waals surface area contributed by atoms with E-state index in [2.05, 4.69) is 288 Å². The van der Waals surface area contributed by atoms with Gasteiger partial charge in [-0.2, -0.15) is 0 Å². The van der Waals surface area contributed by atoms with E-state index < -0.39 is 0 Å². The van der Waals surface area contributed by atoms with Gasteiger partial charge in [0.2, 0.25) is 0 Å². The summed E-state index contributed by atoms with van der Waals surface area (Å²) in [4.78, 5) is 61.1. The van der Waals surface area contributed by atoms with Crippen molar-refractivity contribution in [3.63, 3.8) is 0 Å². The van der Waals surface area contributed by atoms with Crippen LogP contribution in [0.3, 0.4) is 0 Å². The molecule has 0 saturated heterocycles. The van der Waals surface area contributed by atoms with Gasteiger partial charge in [0.1, 0.15) is 0 Å². The van der Waals surface area contributed by atoms with Crippen molar-refractivity contribution in [2.45, 2.75) is 224 Å². The van der Waals surface area contributed by atoms with Gasteiger partial charge in [0.15, 0.2) is 23.1 Å². The molecule has 12 nitrogen and oxygen atoms in total. The van der Waals surface area contributed by atoms with Crippen LogP contribution in [0.1, 0.15) is 223 Å². The summed E-state index contributed by atoms with van der Waals surface area (Å²) < 4.78 is 0. The third kappa shape index (κ3) is 42.2. The minimum Gasteiger partial charge on any atom is -0.512 e. The van der Waals surface area contributed by atoms with Crippen LogP contribution >= 0.6 is 0 Å². The molecule has 4 heterocycles. The number of hydrogen-bond donors (Lipinski definition) is 4. The molecule has 4 aromatic heterocycles. The van der Waals surface area contributed by atoms with E-state index in [0.29, 0.717) is 67.1 Å². The minimum atomic E-state index is -0.125. The van der Waals surface area contributed by atoms with E-state index in [4.69, 9.17) is 15.2 Å². The second-order valence-electron chi connectivity index (χ2n) is 34.7. The van der Waals surface area contributed by atoms with Gasteiger partial charge in [0, 0.05) is 149 Å². The predicted molar refractivity (Wildman–Crippen MR) is 512 cm³/mol. The molecule has 0 unspecified atom stereocenters. The van der Waals surface area contributed by atoms with Gasteiger partial charge in [-0.15, -0.1) is 140 Å². The van der Waals surface area contributed by atoms with Gasteiger partial charge in [-0.3, -0.25) is 24.2 Å². The Balaban J connectivity index is 0.000000735. The Labute approximate surface area is 807 Å². The molecule has 0 atom stereocenters. The van der Waals surface area contributed by atoms with E-state index in [1.807, 2.05) is 80.0 Å². The predicted octanol–water partition coefficient (Wildman–Crippen LogP) is 29.0. The number of aliphatic hydroxyl groups is 4. The van der Waals surface area contributed by atoms with E-state index in [1.54, 1.807) is 0 Å². The Morgan fingerprint density at radius 3 is 0.992 bits per heavy atom. The number of benzene rings is 8. The zero-order valence-corrected chi connectivity index (χ0v) is 88.3. The third-order valence-electron chi connectivity index (χ3n) is 18.6. The van der Waals surface area contributed by atoms with Crippen LogP contribution in [0.2, 0.25) is 0 Å². The number of carbonyl (C=O) groups is 4. The molecule has 4 N–H and O–H groups in total. The van der Waals surface area contributed by atoms with E-state index in [1.165, 1.54) is 129 Å². The van der Waals surface area contributed by atoms with Crippen LogP contribution in [0, 0.1) is 109 Å². The first kappa shape index (κ1) is 115. The molecule has 12 aromatic rings. The van der Waals surface area contributed by atoms with E-state index in [-0.39, 0.29) is 127 Å². The fourth-order valence-corrected chi connectivity index (χ4v) is 13.7. The number of fused-ring (bicyclic) bond motifs is 4. The van der Waals surface area contributed by atoms with Crippen LogP contribution in [-0.2, 0) is 106 Å². The number of pyridine rings is 4. The number of allylic oxidation sites excluding steroid dienone is 8. The summed E-state index contributed by atoms with van der Waals surface area (Å²) in [6.45, 7) is 51.9. The summed E-state index contributed by atoms with van der Waals surface area (Å²) in [5.41, 5.74) is 23.1. The topological polar surface area (TPSA) is 201 Å². The molecule has 8 aromatic carbocycles. The average Bonchev–Trinajstić information content (AvgIpc) is 0.801. The first-order valence-electron chi connectivity index (χ1n) is 42.6. The Bertz CT molecular complexity index is 5330. The third-order valence-corrected chi connectivity index (χ3v) is 18.6. The maximum Gasteiger partial charge on any atom is 0.159 e. The van der Waals surface area contributed by atoms with Gasteiger partial charge >= 0.3 is 0 Å². The van der Waals surface area contributed by atoms with Crippen molar-refractivity contribution in [1.82, 2.24) is 19.9 Å². The molecule has 0 aliphatic carbocycles. The summed E-state index contributed by atoms with van der Waals surface area (Å²) in [7, 11) is 0. The van der Waals surface area contributed by atoms with Crippen molar-refractivity contribution in [2.24, 2.45) is 29.6 Å². The molecule has 0 aliphatic heterocycles. The molecule has 4 radical (unpaired) electrons. The van der Waals surface area contributed by atoms with Crippen LogP contribution in [-0.4, -0.2) is 63.5 Å². The van der Waals surface area contributed by atoms with Gasteiger partial charge in [0.05, 0.1) is 28.6 Å². The van der Waals surface area contributed by atoms with Crippen molar-refractivity contribution < 1.29 is 120 Å². The van der Waals surface area contributed by atoms with Crippen LogP contribution in [0.4, 0.5) is 0 Å². The maximum absolute atomic E-state index is 11.2. The number of aliphatic hydroxyl groups excluding tert-OH is 4. The summed E-state index contributed by atoms with van der Waals surface area (Å²) in [5, 5.41) is 43.9. The monoisotopic (exact) mass is 2410 g/mol. The van der Waals surface area contributed by atoms with Crippen LogP contribution in [0.25, 0.3) is 88.2 Å². The average molecular weight is 2410 g/mol. The molecule has 0 amide bonds. The summed E-state index contributed by atoms with van der Waals surface area (Å²) in [6.07, 6.45) is 14.0. The second-order valence-corrected chi connectivity index (χ2v) is 34.7. The molecule has 0 fully saturated rings. The number of rotatable bonds is 20. The van der Waals surface area contributed by atoms with E-state index >= 15 is 0 Å². The van der Waals surface area contributed by atoms with Crippen molar-refractivity contribution in [3.05, 3.63) is 309 Å². The van der Waals surface area contributed by atoms with Gasteiger partial charge in [-0.1, -0.05) is 237 Å². The fraction of sp³-hybridized carbons (Fsp3) is 0.345. The smallest absolute Gasteiger partial charge is 0.159 e. The van der Waals surface area contributed by atoms with Crippen molar-refractivity contribution in [2.75, 3.05) is 0 Å². The van der Waals surface area contributed by atoms with Crippen LogP contribution in [0.15, 0.2) is 224 Å². The first-order valence-corrected chi connectivity index (χ1v) is 42.6. The fourth-order valence-electron chi connectivity index (χ4n) is 13.7. The zero-order valence-electron chi connectivity index (χ0n) is 78.7. The minimum absolute atomic E-state index is 0. The summed E-state index contributed by atoms with van der Waals surface area (Å²) >= 11 is 0. The van der Waals surface area contributed by atoms with E-state index in [0.717, 1.165) is 79.2 Å². The standard InChI is InChI=1S/C21H22N.2C20H20N.C17H14N.2C11H20O2.2C5H8O2.4Ir/c1-14(2)9-17-5-6-18-7-8-20(22-21(18)13-17)19-11-15(3)10-16(4)12-19;2*1-13(2)17-6-5-16-7-8-21-20(19(16)12-17)18-10-14(3)9-15(4)11-18;1-12-9-13(2)11-15(10-12)17-16-6-4-3-5-14(16)7-8-18-17;2*1-8(2)5-10(12)7-11(13)6-9(3)4;2*1-4(6)3-5(2)7;;;;/h5-8,10-11,13-14H,9H2,1-4H3;2*5-10,12-13H,1-4H3;3-10H,1-2H3;2*7-9,12H,5-6H2,1-4H3;2*3,6H,1-2H3;;;;/q4*-1;;;;;;;;. The van der Waals surface area contributed by atoms with Crippen LogP contribution < -0.4 is 0 Å². The van der Waals surface area contributed by atoms with E-state index in [9.17, 15) is 29.4 Å². The Hall–Kier alpha value is -9.16. The molecule has 12 rings (SSSR count). The van der Waals surface area contributed by atoms with Crippen molar-refractivity contribution >= 4 is 66.4 Å². The molecule has 126 heavy (non-hydrogen) atoms. The molecular weight excluding hydrogens is 2270 g/mol. The molecule has 0 spiro atoms. The Morgan fingerprint density at radius 1 is 0.341 bits per heavy atom. The van der Waals surface area contributed by atoms with Crippen molar-refractivity contribution in [1.29, 1.82) is 0 Å².